The predicted molar refractivity (Wildman–Crippen MR) is 88.3 cm³/mol. The Balaban J connectivity index is 1.63. The number of aromatic nitrogens is 2. The second-order valence-corrected chi connectivity index (χ2v) is 8.13. The van der Waals surface area contributed by atoms with Crippen molar-refractivity contribution in [1.82, 2.24) is 18.6 Å². The first-order valence-corrected chi connectivity index (χ1v) is 9.35. The van der Waals surface area contributed by atoms with E-state index in [4.69, 9.17) is 9.47 Å². The summed E-state index contributed by atoms with van der Waals surface area (Å²) in [4.78, 5) is 10.6. The first-order valence-electron chi connectivity index (χ1n) is 7.96. The Bertz CT molecular complexity index is 663. The lowest BCUT2D eigenvalue weighted by molar-refractivity contribution is 0.122. The van der Waals surface area contributed by atoms with Gasteiger partial charge in [0.1, 0.15) is 18.2 Å². The molecular formula is C14H23N5O4S. The summed E-state index contributed by atoms with van der Waals surface area (Å²) in [6.45, 7) is 3.72. The molecule has 2 aliphatic rings. The third kappa shape index (κ3) is 3.77. The van der Waals surface area contributed by atoms with E-state index in [-0.39, 0.29) is 6.10 Å². The van der Waals surface area contributed by atoms with Crippen molar-refractivity contribution < 1.29 is 17.9 Å². The largest absolute Gasteiger partial charge is 0.473 e. The van der Waals surface area contributed by atoms with Crippen molar-refractivity contribution in [3.8, 4) is 5.88 Å². The average Bonchev–Trinajstić information content (AvgIpc) is 3.05. The molecule has 0 radical (unpaired) electrons. The zero-order valence-corrected chi connectivity index (χ0v) is 14.8. The molecule has 1 unspecified atom stereocenters. The van der Waals surface area contributed by atoms with Crippen LogP contribution in [0.2, 0.25) is 0 Å². The van der Waals surface area contributed by atoms with Crippen LogP contribution in [0.25, 0.3) is 0 Å². The van der Waals surface area contributed by atoms with Crippen LogP contribution in [0.3, 0.4) is 0 Å². The van der Waals surface area contributed by atoms with Crippen molar-refractivity contribution in [2.24, 2.45) is 0 Å². The van der Waals surface area contributed by atoms with Crippen molar-refractivity contribution >= 4 is 16.0 Å². The topological polar surface area (TPSA) is 88.1 Å². The molecule has 1 atom stereocenters. The molecule has 24 heavy (non-hydrogen) atoms. The maximum atomic E-state index is 12.1. The third-order valence-electron chi connectivity index (χ3n) is 4.15. The van der Waals surface area contributed by atoms with Gasteiger partial charge in [0.05, 0.1) is 19.8 Å². The molecule has 0 spiro atoms. The van der Waals surface area contributed by atoms with Gasteiger partial charge in [-0.15, -0.1) is 0 Å². The Morgan fingerprint density at radius 1 is 1.25 bits per heavy atom. The fourth-order valence-electron chi connectivity index (χ4n) is 2.76. The zero-order chi connectivity index (χ0) is 17.2. The SMILES string of the molecule is CN(C)S(=O)(=O)N1CCC(Oc2cc(N3CCOCC3)ncn2)C1. The maximum absolute atomic E-state index is 12.1. The van der Waals surface area contributed by atoms with Crippen molar-refractivity contribution in [3.05, 3.63) is 12.4 Å². The van der Waals surface area contributed by atoms with E-state index in [0.717, 1.165) is 18.9 Å². The van der Waals surface area contributed by atoms with Crippen LogP contribution in [0.4, 0.5) is 5.82 Å². The predicted octanol–water partition coefficient (Wildman–Crippen LogP) is -0.427. The van der Waals surface area contributed by atoms with Crippen LogP contribution >= 0.6 is 0 Å². The van der Waals surface area contributed by atoms with Gasteiger partial charge in [0.25, 0.3) is 10.2 Å². The molecule has 3 rings (SSSR count). The molecular weight excluding hydrogens is 334 g/mol. The number of morpholine rings is 1. The number of rotatable bonds is 5. The van der Waals surface area contributed by atoms with Crippen LogP contribution in [-0.2, 0) is 14.9 Å². The van der Waals surface area contributed by atoms with Gasteiger partial charge in [-0.2, -0.15) is 17.0 Å². The van der Waals surface area contributed by atoms with Crippen LogP contribution < -0.4 is 9.64 Å². The first-order chi connectivity index (χ1) is 11.5. The van der Waals surface area contributed by atoms with Gasteiger partial charge < -0.3 is 14.4 Å². The van der Waals surface area contributed by atoms with Crippen LogP contribution in [0, 0.1) is 0 Å². The van der Waals surface area contributed by atoms with E-state index in [9.17, 15) is 8.42 Å². The lowest BCUT2D eigenvalue weighted by Crippen LogP contribution is -2.39. The van der Waals surface area contributed by atoms with E-state index in [2.05, 4.69) is 14.9 Å². The third-order valence-corrected chi connectivity index (χ3v) is 6.05. The minimum Gasteiger partial charge on any atom is -0.473 e. The lowest BCUT2D eigenvalue weighted by atomic mass is 10.3. The molecule has 10 heteroatoms. The van der Waals surface area contributed by atoms with Crippen molar-refractivity contribution in [2.75, 3.05) is 58.4 Å². The van der Waals surface area contributed by atoms with E-state index < -0.39 is 10.2 Å². The van der Waals surface area contributed by atoms with Gasteiger partial charge in [-0.05, 0) is 6.42 Å². The summed E-state index contributed by atoms with van der Waals surface area (Å²) in [7, 11) is -0.335. The molecule has 0 bridgehead atoms. The highest BCUT2D eigenvalue weighted by atomic mass is 32.2. The molecule has 2 fully saturated rings. The Kier molecular flexibility index (Phi) is 5.18. The maximum Gasteiger partial charge on any atom is 0.281 e. The van der Waals surface area contributed by atoms with Crippen LogP contribution in [0.15, 0.2) is 12.4 Å². The number of nitrogens with zero attached hydrogens (tertiary/aromatic N) is 5. The highest BCUT2D eigenvalue weighted by Gasteiger charge is 2.34. The first kappa shape index (κ1) is 17.3. The molecule has 2 aliphatic heterocycles. The molecule has 0 aromatic carbocycles. The van der Waals surface area contributed by atoms with E-state index in [0.29, 0.717) is 38.6 Å². The Labute approximate surface area is 142 Å². The number of hydrogen-bond donors (Lipinski definition) is 0. The summed E-state index contributed by atoms with van der Waals surface area (Å²) >= 11 is 0. The summed E-state index contributed by atoms with van der Waals surface area (Å²) in [5.74, 6) is 1.28. The molecule has 0 N–H and O–H groups in total. The lowest BCUT2D eigenvalue weighted by Gasteiger charge is -2.27. The summed E-state index contributed by atoms with van der Waals surface area (Å²) in [5.41, 5.74) is 0. The van der Waals surface area contributed by atoms with E-state index >= 15 is 0 Å². The molecule has 134 valence electrons. The van der Waals surface area contributed by atoms with Crippen molar-refractivity contribution in [1.29, 1.82) is 0 Å². The minimum atomic E-state index is -3.40. The standard InChI is InChI=1S/C14H23N5O4S/c1-17(2)24(20,21)19-4-3-12(10-19)23-14-9-13(15-11-16-14)18-5-7-22-8-6-18/h9,11-12H,3-8,10H2,1-2H3. The molecule has 2 saturated heterocycles. The van der Waals surface area contributed by atoms with Gasteiger partial charge in [-0.1, -0.05) is 0 Å². The second-order valence-electron chi connectivity index (χ2n) is 5.99. The molecule has 1 aromatic rings. The number of anilines is 1. The normalized spacial score (nSPS) is 23.0. The fourth-order valence-corrected chi connectivity index (χ4v) is 3.92. The Hall–Kier alpha value is -1.49. The molecule has 0 aliphatic carbocycles. The zero-order valence-electron chi connectivity index (χ0n) is 14.0. The van der Waals surface area contributed by atoms with Crippen molar-refractivity contribution in [3.63, 3.8) is 0 Å². The summed E-state index contributed by atoms with van der Waals surface area (Å²) in [6, 6.07) is 1.80. The van der Waals surface area contributed by atoms with E-state index in [1.807, 2.05) is 0 Å². The molecule has 0 amide bonds. The molecule has 9 nitrogen and oxygen atoms in total. The summed E-state index contributed by atoms with van der Waals surface area (Å²) in [6.07, 6.45) is 1.92. The summed E-state index contributed by atoms with van der Waals surface area (Å²) < 4.78 is 38.2. The van der Waals surface area contributed by atoms with Gasteiger partial charge in [0.15, 0.2) is 0 Å². The molecule has 3 heterocycles. The smallest absolute Gasteiger partial charge is 0.281 e. The highest BCUT2D eigenvalue weighted by Crippen LogP contribution is 2.22. The van der Waals surface area contributed by atoms with Gasteiger partial charge in [0, 0.05) is 39.8 Å². The highest BCUT2D eigenvalue weighted by molar-refractivity contribution is 7.86. The quantitative estimate of drug-likeness (QED) is 0.707. The van der Waals surface area contributed by atoms with Crippen LogP contribution in [0.1, 0.15) is 6.42 Å². The van der Waals surface area contributed by atoms with E-state index in [1.54, 1.807) is 6.07 Å². The van der Waals surface area contributed by atoms with Crippen molar-refractivity contribution in [2.45, 2.75) is 12.5 Å². The van der Waals surface area contributed by atoms with Crippen LogP contribution in [-0.4, -0.2) is 86.6 Å². The van der Waals surface area contributed by atoms with Gasteiger partial charge in [-0.3, -0.25) is 0 Å². The van der Waals surface area contributed by atoms with E-state index in [1.165, 1.54) is 29.0 Å². The monoisotopic (exact) mass is 357 g/mol. The number of hydrogen-bond acceptors (Lipinski definition) is 7. The fraction of sp³-hybridized carbons (Fsp3) is 0.714. The van der Waals surface area contributed by atoms with Gasteiger partial charge in [0.2, 0.25) is 5.88 Å². The van der Waals surface area contributed by atoms with Gasteiger partial charge in [-0.25, -0.2) is 9.97 Å². The Morgan fingerprint density at radius 2 is 2.00 bits per heavy atom. The molecule has 1 aromatic heterocycles. The minimum absolute atomic E-state index is 0.202. The second kappa shape index (κ2) is 7.18. The van der Waals surface area contributed by atoms with Gasteiger partial charge >= 0.3 is 0 Å². The molecule has 0 saturated carbocycles. The Morgan fingerprint density at radius 3 is 2.71 bits per heavy atom. The number of ether oxygens (including phenoxy) is 2. The van der Waals surface area contributed by atoms with Crippen LogP contribution in [0.5, 0.6) is 5.88 Å². The summed E-state index contributed by atoms with van der Waals surface area (Å²) in [5, 5.41) is 0. The average molecular weight is 357 g/mol.